The van der Waals surface area contributed by atoms with Gasteiger partial charge in [0, 0.05) is 40.0 Å². The Morgan fingerprint density at radius 2 is 2.14 bits per heavy atom. The predicted molar refractivity (Wildman–Crippen MR) is 97.2 cm³/mol. The maximum Gasteiger partial charge on any atom is 0.191 e. The number of pyridine rings is 1. The fourth-order valence-electron chi connectivity index (χ4n) is 1.62. The molecular weight excluding hydrogens is 381 g/mol. The molecule has 1 rings (SSSR count). The molecule has 0 atom stereocenters. The molecule has 0 fully saturated rings. The Bertz CT molecular complexity index is 388. The van der Waals surface area contributed by atoms with Gasteiger partial charge in [0.15, 0.2) is 5.96 Å². The molecule has 0 amide bonds. The van der Waals surface area contributed by atoms with Crippen LogP contribution >= 0.6 is 24.0 Å². The number of aromatic nitrogens is 1. The lowest BCUT2D eigenvalue weighted by atomic mass is 10.3. The molecule has 0 aliphatic carbocycles. The van der Waals surface area contributed by atoms with E-state index in [0.717, 1.165) is 37.9 Å². The van der Waals surface area contributed by atoms with E-state index in [0.29, 0.717) is 6.54 Å². The number of halogens is 1. The zero-order valence-corrected chi connectivity index (χ0v) is 15.3. The van der Waals surface area contributed by atoms with Crippen molar-refractivity contribution in [2.45, 2.75) is 6.54 Å². The first-order valence-corrected chi connectivity index (χ1v) is 6.78. The second-order valence-corrected chi connectivity index (χ2v) is 4.47. The Balaban J connectivity index is 0.00000400. The molecular formula is C14H26IN5O. The molecule has 2 N–H and O–H groups in total. The van der Waals surface area contributed by atoms with E-state index in [1.165, 1.54) is 0 Å². The third kappa shape index (κ3) is 9.59. The monoisotopic (exact) mass is 407 g/mol. The lowest BCUT2D eigenvalue weighted by molar-refractivity contribution is 0.162. The van der Waals surface area contributed by atoms with Crippen molar-refractivity contribution in [2.75, 3.05) is 47.4 Å². The summed E-state index contributed by atoms with van der Waals surface area (Å²) in [5, 5.41) is 6.51. The van der Waals surface area contributed by atoms with Gasteiger partial charge in [0.25, 0.3) is 0 Å². The van der Waals surface area contributed by atoms with E-state index in [9.17, 15) is 0 Å². The lowest BCUT2D eigenvalue weighted by Crippen LogP contribution is -2.41. The first-order valence-electron chi connectivity index (χ1n) is 6.78. The first-order chi connectivity index (χ1) is 9.76. The topological polar surface area (TPSA) is 61.8 Å². The summed E-state index contributed by atoms with van der Waals surface area (Å²) < 4.78 is 5.04. The molecule has 0 bridgehead atoms. The maximum atomic E-state index is 5.04. The molecule has 1 heterocycles. The van der Waals surface area contributed by atoms with Crippen LogP contribution in [0.4, 0.5) is 0 Å². The highest BCUT2D eigenvalue weighted by molar-refractivity contribution is 14.0. The van der Waals surface area contributed by atoms with Crippen molar-refractivity contribution >= 4 is 29.9 Å². The van der Waals surface area contributed by atoms with Crippen LogP contribution in [0, 0.1) is 0 Å². The van der Waals surface area contributed by atoms with Crippen LogP contribution in [0.3, 0.4) is 0 Å². The van der Waals surface area contributed by atoms with Crippen LogP contribution in [-0.4, -0.2) is 63.3 Å². The average molecular weight is 407 g/mol. The SMILES string of the molecule is CN=C(NCCN(C)CCOC)NCc1ccccn1.I. The predicted octanol–water partition coefficient (Wildman–Crippen LogP) is 0.943. The molecule has 0 spiro atoms. The van der Waals surface area contributed by atoms with Crippen LogP contribution in [0.1, 0.15) is 5.69 Å². The molecule has 120 valence electrons. The second kappa shape index (κ2) is 12.8. The summed E-state index contributed by atoms with van der Waals surface area (Å²) in [5.41, 5.74) is 0.993. The Labute approximate surface area is 144 Å². The maximum absolute atomic E-state index is 5.04. The second-order valence-electron chi connectivity index (χ2n) is 4.47. The molecule has 0 aliphatic rings. The number of nitrogens with one attached hydrogen (secondary N) is 2. The van der Waals surface area contributed by atoms with E-state index in [-0.39, 0.29) is 24.0 Å². The van der Waals surface area contributed by atoms with Crippen LogP contribution < -0.4 is 10.6 Å². The highest BCUT2D eigenvalue weighted by Gasteiger charge is 2.00. The number of nitrogens with zero attached hydrogens (tertiary/aromatic N) is 3. The minimum Gasteiger partial charge on any atom is -0.383 e. The lowest BCUT2D eigenvalue weighted by Gasteiger charge is -2.17. The Kier molecular flexibility index (Phi) is 12.2. The van der Waals surface area contributed by atoms with Crippen molar-refractivity contribution in [1.82, 2.24) is 20.5 Å². The van der Waals surface area contributed by atoms with E-state index in [4.69, 9.17) is 4.74 Å². The summed E-state index contributed by atoms with van der Waals surface area (Å²) in [7, 11) is 5.56. The van der Waals surface area contributed by atoms with Crippen molar-refractivity contribution in [1.29, 1.82) is 0 Å². The summed E-state index contributed by atoms with van der Waals surface area (Å²) in [6, 6.07) is 5.87. The molecule has 21 heavy (non-hydrogen) atoms. The first kappa shape index (κ1) is 20.1. The molecule has 0 aromatic carbocycles. The number of methoxy groups -OCH3 is 1. The minimum absolute atomic E-state index is 0. The Morgan fingerprint density at radius 1 is 1.33 bits per heavy atom. The van der Waals surface area contributed by atoms with Crippen molar-refractivity contribution in [3.63, 3.8) is 0 Å². The number of aliphatic imine (C=N–C) groups is 1. The van der Waals surface area contributed by atoms with Crippen LogP contribution in [0.2, 0.25) is 0 Å². The third-order valence-electron chi connectivity index (χ3n) is 2.85. The zero-order valence-electron chi connectivity index (χ0n) is 13.0. The van der Waals surface area contributed by atoms with Crippen molar-refractivity contribution in [2.24, 2.45) is 4.99 Å². The Hall–Kier alpha value is -0.930. The van der Waals surface area contributed by atoms with Gasteiger partial charge in [0.1, 0.15) is 0 Å². The van der Waals surface area contributed by atoms with E-state index >= 15 is 0 Å². The van der Waals surface area contributed by atoms with Crippen LogP contribution in [0.15, 0.2) is 29.4 Å². The molecule has 1 aromatic heterocycles. The van der Waals surface area contributed by atoms with Gasteiger partial charge >= 0.3 is 0 Å². The van der Waals surface area contributed by atoms with Gasteiger partial charge in [-0.3, -0.25) is 9.98 Å². The zero-order chi connectivity index (χ0) is 14.6. The highest BCUT2D eigenvalue weighted by atomic mass is 127. The summed E-state index contributed by atoms with van der Waals surface area (Å²) in [4.78, 5) is 10.7. The van der Waals surface area contributed by atoms with Gasteiger partial charge in [-0.2, -0.15) is 0 Å². The van der Waals surface area contributed by atoms with Crippen molar-refractivity contribution in [3.8, 4) is 0 Å². The molecule has 0 radical (unpaired) electrons. The van der Waals surface area contributed by atoms with Gasteiger partial charge in [0.2, 0.25) is 0 Å². The van der Waals surface area contributed by atoms with E-state index < -0.39 is 0 Å². The molecule has 0 saturated carbocycles. The van der Waals surface area contributed by atoms with E-state index in [1.54, 1.807) is 20.4 Å². The van der Waals surface area contributed by atoms with E-state index in [1.807, 2.05) is 18.2 Å². The smallest absolute Gasteiger partial charge is 0.191 e. The molecule has 0 saturated heterocycles. The number of hydrogen-bond donors (Lipinski definition) is 2. The van der Waals surface area contributed by atoms with E-state index in [2.05, 4.69) is 32.6 Å². The van der Waals surface area contributed by atoms with Crippen LogP contribution in [0.5, 0.6) is 0 Å². The van der Waals surface area contributed by atoms with Gasteiger partial charge in [-0.15, -0.1) is 24.0 Å². The molecule has 0 aliphatic heterocycles. The van der Waals surface area contributed by atoms with Gasteiger partial charge in [0.05, 0.1) is 18.8 Å². The normalized spacial score (nSPS) is 11.1. The molecule has 7 heteroatoms. The average Bonchev–Trinajstić information content (AvgIpc) is 2.49. The standard InChI is InChI=1S/C14H25N5O.HI/c1-15-14(17-8-9-19(2)10-11-20-3)18-12-13-6-4-5-7-16-13;/h4-7H,8-12H2,1-3H3,(H2,15,17,18);1H. The Morgan fingerprint density at radius 3 is 2.76 bits per heavy atom. The van der Waals surface area contributed by atoms with Crippen LogP contribution in [-0.2, 0) is 11.3 Å². The highest BCUT2D eigenvalue weighted by Crippen LogP contribution is 1.91. The largest absolute Gasteiger partial charge is 0.383 e. The number of guanidine groups is 1. The summed E-state index contributed by atoms with van der Waals surface area (Å²) in [6.45, 7) is 4.12. The van der Waals surface area contributed by atoms with Crippen molar-refractivity contribution in [3.05, 3.63) is 30.1 Å². The summed E-state index contributed by atoms with van der Waals surface area (Å²) in [6.07, 6.45) is 1.79. The number of hydrogen-bond acceptors (Lipinski definition) is 4. The summed E-state index contributed by atoms with van der Waals surface area (Å²) in [5.74, 6) is 0.788. The van der Waals surface area contributed by atoms with Gasteiger partial charge < -0.3 is 20.3 Å². The fraction of sp³-hybridized carbons (Fsp3) is 0.571. The minimum atomic E-state index is 0. The van der Waals surface area contributed by atoms with Gasteiger partial charge in [-0.05, 0) is 19.2 Å². The third-order valence-corrected chi connectivity index (χ3v) is 2.85. The number of rotatable bonds is 8. The number of ether oxygens (including phenoxy) is 1. The van der Waals surface area contributed by atoms with Gasteiger partial charge in [-0.1, -0.05) is 6.07 Å². The fourth-order valence-corrected chi connectivity index (χ4v) is 1.62. The molecule has 1 aromatic rings. The summed E-state index contributed by atoms with van der Waals surface area (Å²) >= 11 is 0. The van der Waals surface area contributed by atoms with Gasteiger partial charge in [-0.25, -0.2) is 0 Å². The quantitative estimate of drug-likeness (QED) is 0.382. The molecule has 6 nitrogen and oxygen atoms in total. The number of likely N-dealkylation sites (N-methyl/N-ethyl adjacent to an activating group) is 1. The molecule has 0 unspecified atom stereocenters. The van der Waals surface area contributed by atoms with Crippen molar-refractivity contribution < 1.29 is 4.74 Å². The van der Waals surface area contributed by atoms with Crippen LogP contribution in [0.25, 0.3) is 0 Å².